The molecule has 1 rings (SSSR count). The van der Waals surface area contributed by atoms with Gasteiger partial charge >= 0.3 is 0 Å². The summed E-state index contributed by atoms with van der Waals surface area (Å²) < 4.78 is 27.3. The van der Waals surface area contributed by atoms with Crippen LogP contribution >= 0.6 is 0 Å². The Labute approximate surface area is 99.1 Å². The number of hydrogen-bond acceptors (Lipinski definition) is 4. The molecular weight excluding hydrogens is 230 g/mol. The fourth-order valence-electron chi connectivity index (χ4n) is 1.44. The van der Waals surface area contributed by atoms with Crippen molar-refractivity contribution in [1.82, 2.24) is 14.9 Å². The molecule has 0 saturated carbocycles. The molecule has 0 fully saturated rings. The molecule has 2 N–H and O–H groups in total. The molecule has 0 amide bonds. The van der Waals surface area contributed by atoms with E-state index in [2.05, 4.69) is 10.3 Å². The quantitative estimate of drug-likeness (QED) is 0.755. The molecule has 1 aromatic heterocycles. The molecule has 98 valence electrons. The summed E-state index contributed by atoms with van der Waals surface area (Å²) in [6.45, 7) is -1.41. The first-order valence-corrected chi connectivity index (χ1v) is 5.24. The Kier molecular flexibility index (Phi) is 4.41. The van der Waals surface area contributed by atoms with E-state index < -0.39 is 19.1 Å². The molecule has 0 aliphatic carbocycles. The van der Waals surface area contributed by atoms with Crippen molar-refractivity contribution in [2.75, 3.05) is 32.1 Å². The minimum Gasteiger partial charge on any atom is -0.390 e. The third kappa shape index (κ3) is 3.64. The zero-order valence-corrected chi connectivity index (χ0v) is 10.2. The lowest BCUT2D eigenvalue weighted by Crippen LogP contribution is -2.35. The molecule has 1 heterocycles. The van der Waals surface area contributed by atoms with Crippen LogP contribution in [0.1, 0.15) is 5.69 Å². The van der Waals surface area contributed by atoms with Crippen LogP contribution in [-0.2, 0) is 13.6 Å². The van der Waals surface area contributed by atoms with Gasteiger partial charge in [0.05, 0.1) is 18.4 Å². The van der Waals surface area contributed by atoms with Gasteiger partial charge < -0.3 is 19.9 Å². The summed E-state index contributed by atoms with van der Waals surface area (Å²) in [5.41, 5.74) is 0.808. The largest absolute Gasteiger partial charge is 0.390 e. The van der Waals surface area contributed by atoms with Crippen LogP contribution in [0.15, 0.2) is 6.20 Å². The first-order chi connectivity index (χ1) is 7.87. The molecule has 7 heteroatoms. The van der Waals surface area contributed by atoms with E-state index in [0.717, 1.165) is 11.6 Å². The standard InChI is InChI=1S/C10H18F2N4O/c1-15(2)9-14-5-8(16(9)3)4-13-6-10(11,12)7-17/h5,13,17H,4,6-7H2,1-3H3. The Morgan fingerprint density at radius 1 is 1.53 bits per heavy atom. The van der Waals surface area contributed by atoms with Crippen LogP contribution in [0, 0.1) is 0 Å². The summed E-state index contributed by atoms with van der Waals surface area (Å²) in [5.74, 6) is -2.32. The number of alkyl halides is 2. The van der Waals surface area contributed by atoms with Crippen LogP contribution in [-0.4, -0.2) is 47.8 Å². The highest BCUT2D eigenvalue weighted by atomic mass is 19.3. The number of nitrogens with zero attached hydrogens (tertiary/aromatic N) is 3. The summed E-state index contributed by atoms with van der Waals surface area (Å²) in [7, 11) is 5.54. The Morgan fingerprint density at radius 2 is 2.18 bits per heavy atom. The van der Waals surface area contributed by atoms with E-state index in [0.29, 0.717) is 0 Å². The van der Waals surface area contributed by atoms with Gasteiger partial charge in [0.2, 0.25) is 5.95 Å². The first-order valence-electron chi connectivity index (χ1n) is 5.24. The summed E-state index contributed by atoms with van der Waals surface area (Å²) in [5, 5.41) is 11.0. The second-order valence-corrected chi connectivity index (χ2v) is 4.12. The maximum Gasteiger partial charge on any atom is 0.282 e. The maximum absolute atomic E-state index is 12.7. The normalized spacial score (nSPS) is 11.9. The van der Waals surface area contributed by atoms with Gasteiger partial charge in [-0.05, 0) is 0 Å². The Hall–Kier alpha value is -1.21. The predicted molar refractivity (Wildman–Crippen MR) is 61.3 cm³/mol. The summed E-state index contributed by atoms with van der Waals surface area (Å²) >= 11 is 0. The van der Waals surface area contributed by atoms with E-state index in [9.17, 15) is 8.78 Å². The molecule has 0 spiro atoms. The van der Waals surface area contributed by atoms with Crippen molar-refractivity contribution in [1.29, 1.82) is 0 Å². The highest BCUT2D eigenvalue weighted by Gasteiger charge is 2.26. The minimum atomic E-state index is -3.08. The average Bonchev–Trinajstić information content (AvgIpc) is 2.60. The fourth-order valence-corrected chi connectivity index (χ4v) is 1.44. The van der Waals surface area contributed by atoms with Gasteiger partial charge in [0.25, 0.3) is 5.92 Å². The number of rotatable bonds is 6. The van der Waals surface area contributed by atoms with E-state index >= 15 is 0 Å². The van der Waals surface area contributed by atoms with Crippen LogP contribution in [0.4, 0.5) is 14.7 Å². The Morgan fingerprint density at radius 3 is 2.65 bits per heavy atom. The number of imidazole rings is 1. The van der Waals surface area contributed by atoms with E-state index in [1.165, 1.54) is 0 Å². The molecule has 0 aromatic carbocycles. The zero-order chi connectivity index (χ0) is 13.1. The number of hydrogen-bond donors (Lipinski definition) is 2. The maximum atomic E-state index is 12.7. The smallest absolute Gasteiger partial charge is 0.282 e. The average molecular weight is 248 g/mol. The number of nitrogens with one attached hydrogen (secondary N) is 1. The lowest BCUT2D eigenvalue weighted by Gasteiger charge is -2.15. The molecule has 0 aliphatic rings. The van der Waals surface area contributed by atoms with E-state index in [4.69, 9.17) is 5.11 Å². The highest BCUT2D eigenvalue weighted by molar-refractivity contribution is 5.30. The third-order valence-electron chi connectivity index (χ3n) is 2.38. The van der Waals surface area contributed by atoms with Gasteiger partial charge in [0, 0.05) is 27.7 Å². The number of anilines is 1. The zero-order valence-electron chi connectivity index (χ0n) is 10.2. The first kappa shape index (κ1) is 13.9. The second-order valence-electron chi connectivity index (χ2n) is 4.12. The topological polar surface area (TPSA) is 53.3 Å². The molecule has 0 aliphatic heterocycles. The van der Waals surface area contributed by atoms with Crippen molar-refractivity contribution >= 4 is 5.95 Å². The minimum absolute atomic E-state index is 0.285. The van der Waals surface area contributed by atoms with Gasteiger partial charge in [-0.25, -0.2) is 13.8 Å². The Balaban J connectivity index is 2.53. The van der Waals surface area contributed by atoms with Crippen molar-refractivity contribution in [2.45, 2.75) is 12.5 Å². The van der Waals surface area contributed by atoms with E-state index in [-0.39, 0.29) is 6.54 Å². The van der Waals surface area contributed by atoms with Crippen molar-refractivity contribution in [3.63, 3.8) is 0 Å². The Bertz CT molecular complexity index is 365. The van der Waals surface area contributed by atoms with Crippen LogP contribution in [0.5, 0.6) is 0 Å². The number of aromatic nitrogens is 2. The number of halogens is 2. The summed E-state index contributed by atoms with van der Waals surface area (Å²) in [6, 6.07) is 0. The van der Waals surface area contributed by atoms with Gasteiger partial charge in [-0.15, -0.1) is 0 Å². The molecule has 5 nitrogen and oxygen atoms in total. The second kappa shape index (κ2) is 5.42. The number of aliphatic hydroxyl groups excluding tert-OH is 1. The van der Waals surface area contributed by atoms with E-state index in [1.54, 1.807) is 6.20 Å². The van der Waals surface area contributed by atoms with Crippen molar-refractivity contribution < 1.29 is 13.9 Å². The van der Waals surface area contributed by atoms with Crippen LogP contribution in [0.2, 0.25) is 0 Å². The molecule has 0 radical (unpaired) electrons. The van der Waals surface area contributed by atoms with Crippen LogP contribution in [0.3, 0.4) is 0 Å². The third-order valence-corrected chi connectivity index (χ3v) is 2.38. The molecule has 0 unspecified atom stereocenters. The summed E-state index contributed by atoms with van der Waals surface area (Å²) in [4.78, 5) is 6.00. The summed E-state index contributed by atoms with van der Waals surface area (Å²) in [6.07, 6.45) is 1.64. The molecule has 17 heavy (non-hydrogen) atoms. The van der Waals surface area contributed by atoms with Gasteiger partial charge in [-0.3, -0.25) is 0 Å². The van der Waals surface area contributed by atoms with E-state index in [1.807, 2.05) is 30.6 Å². The predicted octanol–water partition coefficient (Wildman–Crippen LogP) is 0.203. The SMILES string of the molecule is CN(C)c1ncc(CNCC(F)(F)CO)n1C. The van der Waals surface area contributed by atoms with Crippen molar-refractivity contribution in [3.05, 3.63) is 11.9 Å². The van der Waals surface area contributed by atoms with Crippen LogP contribution in [0.25, 0.3) is 0 Å². The lowest BCUT2D eigenvalue weighted by atomic mass is 10.3. The van der Waals surface area contributed by atoms with Gasteiger partial charge in [0.15, 0.2) is 0 Å². The monoisotopic (exact) mass is 248 g/mol. The van der Waals surface area contributed by atoms with Crippen molar-refractivity contribution in [2.24, 2.45) is 7.05 Å². The molecule has 0 saturated heterocycles. The molecule has 0 atom stereocenters. The van der Waals surface area contributed by atoms with Gasteiger partial charge in [-0.1, -0.05) is 0 Å². The number of aliphatic hydroxyl groups is 1. The lowest BCUT2D eigenvalue weighted by molar-refractivity contribution is -0.0478. The van der Waals surface area contributed by atoms with Crippen LogP contribution < -0.4 is 10.2 Å². The van der Waals surface area contributed by atoms with Gasteiger partial charge in [-0.2, -0.15) is 0 Å². The highest BCUT2D eigenvalue weighted by Crippen LogP contribution is 2.12. The van der Waals surface area contributed by atoms with Crippen molar-refractivity contribution in [3.8, 4) is 0 Å². The molecule has 0 bridgehead atoms. The van der Waals surface area contributed by atoms with Gasteiger partial charge in [0.1, 0.15) is 6.61 Å². The fraction of sp³-hybridized carbons (Fsp3) is 0.700. The molecular formula is C10H18F2N4O. The molecule has 1 aromatic rings.